The van der Waals surface area contributed by atoms with E-state index >= 15 is 0 Å². The van der Waals surface area contributed by atoms with Crippen LogP contribution in [0.15, 0.2) is 31.9 Å². The van der Waals surface area contributed by atoms with Crippen LogP contribution in [0, 0.1) is 25.2 Å². The molecule has 154 valence electrons. The first-order chi connectivity index (χ1) is 14.3. The van der Waals surface area contributed by atoms with Crippen LogP contribution in [0.1, 0.15) is 71.0 Å². The average molecular weight is 469 g/mol. The Hall–Kier alpha value is -2.85. The molecule has 6 nitrogen and oxygen atoms in total. The highest BCUT2D eigenvalue weighted by Gasteiger charge is 2.31. The summed E-state index contributed by atoms with van der Waals surface area (Å²) in [5.74, 6) is -0.815. The summed E-state index contributed by atoms with van der Waals surface area (Å²) in [5, 5.41) is 21.4. The maximum absolute atomic E-state index is 13.5. The Labute approximate surface area is 181 Å². The van der Waals surface area contributed by atoms with Gasteiger partial charge in [0.15, 0.2) is 5.76 Å². The topological polar surface area (TPSA) is 96.2 Å². The van der Waals surface area contributed by atoms with Crippen LogP contribution < -0.4 is 5.56 Å². The molecular formula is C23H21BrN2O4. The lowest BCUT2D eigenvalue weighted by Crippen LogP contribution is -2.31. The van der Waals surface area contributed by atoms with E-state index in [4.69, 9.17) is 4.42 Å². The summed E-state index contributed by atoms with van der Waals surface area (Å²) in [6, 6.07) is 7.19. The summed E-state index contributed by atoms with van der Waals surface area (Å²) >= 11 is 3.39. The highest BCUT2D eigenvalue weighted by molar-refractivity contribution is 9.10. The van der Waals surface area contributed by atoms with E-state index in [0.717, 1.165) is 42.0 Å². The summed E-state index contributed by atoms with van der Waals surface area (Å²) in [6.07, 6.45) is 4.41. The summed E-state index contributed by atoms with van der Waals surface area (Å²) in [5.41, 5.74) is 0.675. The van der Waals surface area contributed by atoms with Crippen molar-refractivity contribution in [3.05, 3.63) is 61.0 Å². The number of fused-ring (bicyclic) bond motifs is 1. The number of aromatic hydroxyl groups is 1. The predicted octanol–water partition coefficient (Wildman–Crippen LogP) is 5.29. The minimum Gasteiger partial charge on any atom is -0.494 e. The van der Waals surface area contributed by atoms with Gasteiger partial charge in [0.1, 0.15) is 17.2 Å². The summed E-state index contributed by atoms with van der Waals surface area (Å²) < 4.78 is 7.90. The molecule has 2 heterocycles. The molecule has 0 aliphatic heterocycles. The Morgan fingerprint density at radius 2 is 1.93 bits per heavy atom. The SMILES string of the molecule is Cc1c(C(=O)c2oc3cc(Br)ccc3c2C)c(O)n(C2CCCCC2)c(=O)c1C#N. The van der Waals surface area contributed by atoms with Gasteiger partial charge in [-0.05, 0) is 50.5 Å². The molecular weight excluding hydrogens is 448 g/mol. The van der Waals surface area contributed by atoms with Crippen molar-refractivity contribution in [1.29, 1.82) is 5.26 Å². The Morgan fingerprint density at radius 1 is 1.23 bits per heavy atom. The lowest BCUT2D eigenvalue weighted by Gasteiger charge is -2.26. The number of ketones is 1. The van der Waals surface area contributed by atoms with Gasteiger partial charge in [-0.3, -0.25) is 14.2 Å². The lowest BCUT2D eigenvalue weighted by molar-refractivity contribution is 0.100. The highest BCUT2D eigenvalue weighted by Crippen LogP contribution is 2.35. The van der Waals surface area contributed by atoms with Crippen molar-refractivity contribution in [3.63, 3.8) is 0 Å². The van der Waals surface area contributed by atoms with Gasteiger partial charge in [-0.2, -0.15) is 5.26 Å². The second kappa shape index (κ2) is 7.77. The number of furan rings is 1. The molecule has 0 unspecified atom stereocenters. The van der Waals surface area contributed by atoms with E-state index in [1.807, 2.05) is 18.2 Å². The first kappa shape index (κ1) is 20.4. The minimum atomic E-state index is -0.541. The monoisotopic (exact) mass is 468 g/mol. The zero-order valence-electron chi connectivity index (χ0n) is 16.8. The smallest absolute Gasteiger partial charge is 0.271 e. The van der Waals surface area contributed by atoms with E-state index in [1.165, 1.54) is 11.5 Å². The Bertz CT molecular complexity index is 1270. The van der Waals surface area contributed by atoms with E-state index in [1.54, 1.807) is 13.0 Å². The number of nitriles is 1. The number of pyridine rings is 1. The highest BCUT2D eigenvalue weighted by atomic mass is 79.9. The molecule has 1 fully saturated rings. The molecule has 0 bridgehead atoms. The molecule has 7 heteroatoms. The molecule has 1 aliphatic rings. The number of carbonyl (C=O) groups is 1. The van der Waals surface area contributed by atoms with Crippen LogP contribution in [-0.2, 0) is 0 Å². The molecule has 0 spiro atoms. The van der Waals surface area contributed by atoms with E-state index in [-0.39, 0.29) is 34.4 Å². The van der Waals surface area contributed by atoms with Crippen LogP contribution in [0.4, 0.5) is 0 Å². The summed E-state index contributed by atoms with van der Waals surface area (Å²) in [7, 11) is 0. The van der Waals surface area contributed by atoms with Crippen molar-refractivity contribution >= 4 is 32.7 Å². The number of rotatable bonds is 3. The number of hydrogen-bond donors (Lipinski definition) is 1. The van der Waals surface area contributed by atoms with Crippen LogP contribution in [0.2, 0.25) is 0 Å². The predicted molar refractivity (Wildman–Crippen MR) is 116 cm³/mol. The fourth-order valence-corrected chi connectivity index (χ4v) is 4.74. The number of halogens is 1. The van der Waals surface area contributed by atoms with Gasteiger partial charge in [-0.15, -0.1) is 0 Å². The van der Waals surface area contributed by atoms with Crippen LogP contribution in [0.25, 0.3) is 11.0 Å². The van der Waals surface area contributed by atoms with Gasteiger partial charge < -0.3 is 9.52 Å². The minimum absolute atomic E-state index is 0.0436. The van der Waals surface area contributed by atoms with Crippen molar-refractivity contribution in [3.8, 4) is 11.9 Å². The average Bonchev–Trinajstić information content (AvgIpc) is 3.04. The van der Waals surface area contributed by atoms with Crippen molar-refractivity contribution in [2.75, 3.05) is 0 Å². The molecule has 1 N–H and O–H groups in total. The molecule has 2 aromatic heterocycles. The number of aryl methyl sites for hydroxylation is 1. The zero-order chi connectivity index (χ0) is 21.6. The molecule has 3 aromatic rings. The van der Waals surface area contributed by atoms with Crippen LogP contribution >= 0.6 is 15.9 Å². The number of carbonyl (C=O) groups excluding carboxylic acids is 1. The third kappa shape index (κ3) is 3.16. The molecule has 0 radical (unpaired) electrons. The van der Waals surface area contributed by atoms with Crippen molar-refractivity contribution in [2.45, 2.75) is 52.0 Å². The summed E-state index contributed by atoms with van der Waals surface area (Å²) in [6.45, 7) is 3.30. The number of nitrogens with zero attached hydrogens (tertiary/aromatic N) is 2. The largest absolute Gasteiger partial charge is 0.494 e. The molecule has 1 aliphatic carbocycles. The van der Waals surface area contributed by atoms with Gasteiger partial charge in [0.25, 0.3) is 5.56 Å². The van der Waals surface area contributed by atoms with E-state index < -0.39 is 11.3 Å². The standard InChI is InChI=1S/C23H21BrN2O4/c1-12-17(11-25)22(28)26(15-6-4-3-5-7-15)23(29)19(12)20(27)21-13(2)16-9-8-14(24)10-18(16)30-21/h8-10,15,29H,3-7H2,1-2H3. The van der Waals surface area contributed by atoms with Crippen LogP contribution in [-0.4, -0.2) is 15.5 Å². The third-order valence-electron chi connectivity index (χ3n) is 6.02. The van der Waals surface area contributed by atoms with Crippen molar-refractivity contribution < 1.29 is 14.3 Å². The Kier molecular flexibility index (Phi) is 5.29. The quantitative estimate of drug-likeness (QED) is 0.526. The number of hydrogen-bond acceptors (Lipinski definition) is 5. The van der Waals surface area contributed by atoms with E-state index in [9.17, 15) is 20.0 Å². The maximum Gasteiger partial charge on any atom is 0.271 e. The first-order valence-electron chi connectivity index (χ1n) is 9.96. The second-order valence-corrected chi connectivity index (χ2v) is 8.72. The van der Waals surface area contributed by atoms with Gasteiger partial charge in [0, 0.05) is 21.5 Å². The van der Waals surface area contributed by atoms with Gasteiger partial charge in [0.2, 0.25) is 11.7 Å². The van der Waals surface area contributed by atoms with Crippen molar-refractivity contribution in [2.24, 2.45) is 0 Å². The molecule has 0 amide bonds. The van der Waals surface area contributed by atoms with E-state index in [0.29, 0.717) is 11.1 Å². The van der Waals surface area contributed by atoms with Gasteiger partial charge in [0.05, 0.1) is 5.56 Å². The number of aromatic nitrogens is 1. The lowest BCUT2D eigenvalue weighted by atomic mass is 9.93. The molecule has 30 heavy (non-hydrogen) atoms. The molecule has 1 saturated carbocycles. The van der Waals surface area contributed by atoms with Crippen LogP contribution in [0.5, 0.6) is 5.88 Å². The van der Waals surface area contributed by atoms with Gasteiger partial charge in [-0.1, -0.05) is 35.2 Å². The normalized spacial score (nSPS) is 14.7. The first-order valence-corrected chi connectivity index (χ1v) is 10.8. The third-order valence-corrected chi connectivity index (χ3v) is 6.51. The van der Waals surface area contributed by atoms with Gasteiger partial charge >= 0.3 is 0 Å². The zero-order valence-corrected chi connectivity index (χ0v) is 18.4. The van der Waals surface area contributed by atoms with Crippen molar-refractivity contribution in [1.82, 2.24) is 4.57 Å². The Balaban J connectivity index is 1.94. The summed E-state index contributed by atoms with van der Waals surface area (Å²) in [4.78, 5) is 26.4. The molecule has 0 atom stereocenters. The molecule has 1 aromatic carbocycles. The van der Waals surface area contributed by atoms with Gasteiger partial charge in [-0.25, -0.2) is 0 Å². The van der Waals surface area contributed by atoms with Crippen LogP contribution in [0.3, 0.4) is 0 Å². The second-order valence-electron chi connectivity index (χ2n) is 7.80. The number of benzene rings is 1. The Morgan fingerprint density at radius 3 is 2.60 bits per heavy atom. The fourth-order valence-electron chi connectivity index (χ4n) is 4.40. The maximum atomic E-state index is 13.5. The van der Waals surface area contributed by atoms with E-state index in [2.05, 4.69) is 15.9 Å². The molecule has 0 saturated heterocycles. The fraction of sp³-hybridized carbons (Fsp3) is 0.348. The molecule has 4 rings (SSSR count).